The van der Waals surface area contributed by atoms with E-state index in [0.717, 1.165) is 5.56 Å². The van der Waals surface area contributed by atoms with Crippen molar-refractivity contribution >= 4 is 45.2 Å². The van der Waals surface area contributed by atoms with Crippen LogP contribution in [-0.4, -0.2) is 23.1 Å². The highest BCUT2D eigenvalue weighted by Crippen LogP contribution is 2.29. The van der Waals surface area contributed by atoms with Crippen LogP contribution >= 0.6 is 27.5 Å². The maximum atomic E-state index is 11.9. The number of carbonyl (C=O) groups is 2. The zero-order valence-electron chi connectivity index (χ0n) is 12.0. The van der Waals surface area contributed by atoms with Crippen LogP contribution < -0.4 is 10.6 Å². The van der Waals surface area contributed by atoms with Gasteiger partial charge in [-0.3, -0.25) is 0 Å². The molecule has 2 amide bonds. The average molecular weight is 378 g/mol. The zero-order valence-corrected chi connectivity index (χ0v) is 14.4. The average Bonchev–Trinajstić information content (AvgIpc) is 2.41. The maximum absolute atomic E-state index is 11.9. The van der Waals surface area contributed by atoms with E-state index in [0.29, 0.717) is 21.6 Å². The molecule has 0 saturated carbocycles. The molecular weight excluding hydrogens is 360 g/mol. The van der Waals surface area contributed by atoms with Crippen molar-refractivity contribution in [3.05, 3.63) is 27.2 Å². The zero-order chi connectivity index (χ0) is 16.2. The second-order valence-corrected chi connectivity index (χ2v) is 6.14. The Kier molecular flexibility index (Phi) is 6.48. The molecule has 0 fully saturated rings. The molecule has 0 aliphatic rings. The third-order valence-corrected chi connectivity index (χ3v) is 4.33. The van der Waals surface area contributed by atoms with Crippen LogP contribution in [0.5, 0.6) is 0 Å². The third-order valence-electron chi connectivity index (χ3n) is 3.26. The van der Waals surface area contributed by atoms with Gasteiger partial charge in [0.1, 0.15) is 6.04 Å². The smallest absolute Gasteiger partial charge is 0.326 e. The Bertz CT molecular complexity index is 551. The minimum atomic E-state index is -1.06. The van der Waals surface area contributed by atoms with Crippen molar-refractivity contribution in [2.75, 3.05) is 5.32 Å². The summed E-state index contributed by atoms with van der Waals surface area (Å²) < 4.78 is 0.676. The lowest BCUT2D eigenvalue weighted by Gasteiger charge is -2.20. The summed E-state index contributed by atoms with van der Waals surface area (Å²) in [5.41, 5.74) is 1.36. The number of carboxylic acid groups (broad SMARTS) is 1. The first kappa shape index (κ1) is 17.8. The number of aryl methyl sites for hydroxylation is 1. The topological polar surface area (TPSA) is 78.4 Å². The predicted octanol–water partition coefficient (Wildman–Crippen LogP) is 4.03. The molecular formula is C14H18BrClN2O3. The molecule has 1 aromatic carbocycles. The van der Waals surface area contributed by atoms with Crippen molar-refractivity contribution in [2.24, 2.45) is 5.92 Å². The number of benzene rings is 1. The summed E-state index contributed by atoms with van der Waals surface area (Å²) >= 11 is 9.34. The number of nitrogens with one attached hydrogen (secondary N) is 2. The largest absolute Gasteiger partial charge is 0.480 e. The third kappa shape index (κ3) is 4.89. The van der Waals surface area contributed by atoms with Crippen molar-refractivity contribution in [3.8, 4) is 0 Å². The van der Waals surface area contributed by atoms with Gasteiger partial charge in [-0.25, -0.2) is 9.59 Å². The molecule has 0 aliphatic heterocycles. The van der Waals surface area contributed by atoms with Crippen LogP contribution in [0.2, 0.25) is 5.02 Å². The molecule has 0 radical (unpaired) electrons. The molecule has 1 unspecified atom stereocenters. The van der Waals surface area contributed by atoms with E-state index in [9.17, 15) is 9.59 Å². The molecule has 21 heavy (non-hydrogen) atoms. The summed E-state index contributed by atoms with van der Waals surface area (Å²) in [6, 6.07) is 1.87. The normalized spacial score (nSPS) is 13.4. The Morgan fingerprint density at radius 1 is 1.43 bits per heavy atom. The van der Waals surface area contributed by atoms with Crippen molar-refractivity contribution in [1.29, 1.82) is 0 Å². The van der Waals surface area contributed by atoms with Crippen molar-refractivity contribution in [3.63, 3.8) is 0 Å². The van der Waals surface area contributed by atoms with Crippen LogP contribution in [0.15, 0.2) is 16.6 Å². The molecule has 3 N–H and O–H groups in total. The number of hydrogen-bond acceptors (Lipinski definition) is 2. The lowest BCUT2D eigenvalue weighted by atomic mass is 9.99. The molecule has 0 aromatic heterocycles. The van der Waals surface area contributed by atoms with Crippen molar-refractivity contribution in [2.45, 2.75) is 33.2 Å². The van der Waals surface area contributed by atoms with Gasteiger partial charge in [-0.2, -0.15) is 0 Å². The van der Waals surface area contributed by atoms with E-state index in [2.05, 4.69) is 26.6 Å². The summed E-state index contributed by atoms with van der Waals surface area (Å²) in [6.45, 7) is 5.49. The van der Waals surface area contributed by atoms with E-state index in [1.807, 2.05) is 13.8 Å². The summed E-state index contributed by atoms with van der Waals surface area (Å²) in [7, 11) is 0. The second-order valence-electron chi connectivity index (χ2n) is 4.88. The van der Waals surface area contributed by atoms with E-state index in [4.69, 9.17) is 16.7 Å². The van der Waals surface area contributed by atoms with Crippen LogP contribution in [0.4, 0.5) is 10.5 Å². The number of carbonyl (C=O) groups excluding carboxylic acids is 1. The van der Waals surface area contributed by atoms with Gasteiger partial charge in [0.2, 0.25) is 0 Å². The van der Waals surface area contributed by atoms with Crippen LogP contribution in [-0.2, 0) is 4.79 Å². The van der Waals surface area contributed by atoms with Gasteiger partial charge in [0.15, 0.2) is 0 Å². The lowest BCUT2D eigenvalue weighted by Crippen LogP contribution is -2.46. The van der Waals surface area contributed by atoms with E-state index < -0.39 is 18.0 Å². The van der Waals surface area contributed by atoms with Gasteiger partial charge >= 0.3 is 12.0 Å². The Morgan fingerprint density at radius 2 is 2.05 bits per heavy atom. The fourth-order valence-electron chi connectivity index (χ4n) is 1.72. The first-order valence-electron chi connectivity index (χ1n) is 6.52. The van der Waals surface area contributed by atoms with E-state index in [-0.39, 0.29) is 5.92 Å². The molecule has 1 aromatic rings. The lowest BCUT2D eigenvalue weighted by molar-refractivity contribution is -0.140. The van der Waals surface area contributed by atoms with Gasteiger partial charge in [0, 0.05) is 9.50 Å². The minimum absolute atomic E-state index is 0.168. The van der Waals surface area contributed by atoms with Gasteiger partial charge in [0.05, 0.1) is 5.69 Å². The molecule has 7 heteroatoms. The van der Waals surface area contributed by atoms with Crippen LogP contribution in [0.3, 0.4) is 0 Å². The molecule has 0 spiro atoms. The van der Waals surface area contributed by atoms with Crippen LogP contribution in [0.1, 0.15) is 25.8 Å². The number of carboxylic acids is 1. The first-order chi connectivity index (χ1) is 9.76. The number of amides is 2. The highest BCUT2D eigenvalue weighted by molar-refractivity contribution is 9.10. The number of urea groups is 1. The maximum Gasteiger partial charge on any atom is 0.326 e. The molecule has 0 heterocycles. The summed E-state index contributed by atoms with van der Waals surface area (Å²) in [4.78, 5) is 23.1. The fraction of sp³-hybridized carbons (Fsp3) is 0.429. The molecule has 5 nitrogen and oxygen atoms in total. The highest BCUT2D eigenvalue weighted by atomic mass is 79.9. The van der Waals surface area contributed by atoms with E-state index in [1.165, 1.54) is 0 Å². The Labute approximate surface area is 137 Å². The van der Waals surface area contributed by atoms with E-state index >= 15 is 0 Å². The summed E-state index contributed by atoms with van der Waals surface area (Å²) in [5, 5.41) is 14.7. The second kappa shape index (κ2) is 7.66. The van der Waals surface area contributed by atoms with Crippen molar-refractivity contribution in [1.82, 2.24) is 5.32 Å². The van der Waals surface area contributed by atoms with Gasteiger partial charge in [-0.15, -0.1) is 0 Å². The number of aliphatic carboxylic acids is 1. The number of rotatable bonds is 5. The van der Waals surface area contributed by atoms with Gasteiger partial charge in [-0.05, 0) is 46.5 Å². The SMILES string of the molecule is CCC(C)[C@H](NC(=O)Nc1cc(Cl)c(C)cc1Br)C(=O)O. The number of anilines is 1. The molecule has 0 saturated heterocycles. The molecule has 0 bridgehead atoms. The van der Waals surface area contributed by atoms with Gasteiger partial charge in [0.25, 0.3) is 0 Å². The number of halogens is 2. The highest BCUT2D eigenvalue weighted by Gasteiger charge is 2.25. The predicted molar refractivity (Wildman–Crippen MR) is 86.9 cm³/mol. The summed E-state index contributed by atoms with van der Waals surface area (Å²) in [6.07, 6.45) is 0.650. The standard InChI is InChI=1S/C14H18BrClN2O3/c1-4-7(2)12(13(19)20)18-14(21)17-11-6-10(16)8(3)5-9(11)15/h5-7,12H,4H2,1-3H3,(H,19,20)(H2,17,18,21)/t7?,12-/m0/s1. The molecule has 2 atom stereocenters. The van der Waals surface area contributed by atoms with Gasteiger partial charge in [-0.1, -0.05) is 31.9 Å². The molecule has 1 rings (SSSR count). The fourth-order valence-corrected chi connectivity index (χ4v) is 2.45. The van der Waals surface area contributed by atoms with Crippen molar-refractivity contribution < 1.29 is 14.7 Å². The van der Waals surface area contributed by atoms with Crippen LogP contribution in [0, 0.1) is 12.8 Å². The summed E-state index contributed by atoms with van der Waals surface area (Å²) in [5.74, 6) is -1.22. The van der Waals surface area contributed by atoms with E-state index in [1.54, 1.807) is 19.1 Å². The minimum Gasteiger partial charge on any atom is -0.480 e. The Balaban J connectivity index is 2.81. The quantitative estimate of drug-likeness (QED) is 0.725. The Morgan fingerprint density at radius 3 is 2.57 bits per heavy atom. The molecule has 0 aliphatic carbocycles. The first-order valence-corrected chi connectivity index (χ1v) is 7.69. The van der Waals surface area contributed by atoms with Crippen LogP contribution in [0.25, 0.3) is 0 Å². The monoisotopic (exact) mass is 376 g/mol. The number of hydrogen-bond donors (Lipinski definition) is 3. The Hall–Kier alpha value is -1.27. The molecule has 116 valence electrons. The van der Waals surface area contributed by atoms with Gasteiger partial charge < -0.3 is 15.7 Å².